The first-order valence-electron chi connectivity index (χ1n) is 8.23. The van der Waals surface area contributed by atoms with Crippen molar-refractivity contribution in [1.82, 2.24) is 9.97 Å². The maximum Gasteiger partial charge on any atom is 0.213 e. The predicted octanol–water partition coefficient (Wildman–Crippen LogP) is 4.35. The number of pyridine rings is 2. The van der Waals surface area contributed by atoms with E-state index in [0.717, 1.165) is 34.1 Å². The Bertz CT molecular complexity index is 845. The normalized spacial score (nSPS) is 12.5. The minimum Gasteiger partial charge on any atom is -0.481 e. The topological polar surface area (TPSA) is 61.0 Å². The Hall–Kier alpha value is -2.46. The number of nitrogens with zero attached hydrogens (tertiary/aromatic N) is 2. The number of aromatic nitrogens is 2. The highest BCUT2D eigenvalue weighted by Crippen LogP contribution is 2.27. The highest BCUT2D eigenvalue weighted by Gasteiger charge is 2.11. The van der Waals surface area contributed by atoms with Gasteiger partial charge in [0.1, 0.15) is 0 Å². The van der Waals surface area contributed by atoms with Crippen molar-refractivity contribution >= 4 is 10.9 Å². The van der Waals surface area contributed by atoms with Gasteiger partial charge in [-0.15, -0.1) is 0 Å². The zero-order valence-corrected chi connectivity index (χ0v) is 14.4. The summed E-state index contributed by atoms with van der Waals surface area (Å²) >= 11 is 0. The lowest BCUT2D eigenvalue weighted by Crippen LogP contribution is -2.14. The largest absolute Gasteiger partial charge is 0.481 e. The second kappa shape index (κ2) is 6.97. The van der Waals surface area contributed by atoms with Gasteiger partial charge in [0.25, 0.3) is 0 Å². The van der Waals surface area contributed by atoms with E-state index in [-0.39, 0.29) is 6.04 Å². The first kappa shape index (κ1) is 16.4. The molecule has 124 valence electrons. The Kier molecular flexibility index (Phi) is 4.76. The van der Waals surface area contributed by atoms with Crippen LogP contribution in [0.4, 0.5) is 0 Å². The molecule has 0 fully saturated rings. The highest BCUT2D eigenvalue weighted by molar-refractivity contribution is 5.84. The summed E-state index contributed by atoms with van der Waals surface area (Å²) in [5.41, 5.74) is 10.4. The molecule has 4 heteroatoms. The molecular formula is C20H23N3O. The minimum atomic E-state index is -0.0152. The van der Waals surface area contributed by atoms with Gasteiger partial charge in [-0.2, -0.15) is 0 Å². The van der Waals surface area contributed by atoms with E-state index in [9.17, 15) is 0 Å². The quantitative estimate of drug-likeness (QED) is 0.759. The number of hydrogen-bond acceptors (Lipinski definition) is 4. The summed E-state index contributed by atoms with van der Waals surface area (Å²) in [5.74, 6) is 1.17. The molecule has 0 spiro atoms. The average molecular weight is 321 g/mol. The summed E-state index contributed by atoms with van der Waals surface area (Å²) in [6.45, 7) is 4.35. The molecule has 3 aromatic rings. The van der Waals surface area contributed by atoms with Gasteiger partial charge in [0, 0.05) is 23.7 Å². The highest BCUT2D eigenvalue weighted by atomic mass is 16.5. The molecule has 24 heavy (non-hydrogen) atoms. The van der Waals surface area contributed by atoms with Gasteiger partial charge in [0.15, 0.2) is 0 Å². The van der Waals surface area contributed by atoms with Crippen molar-refractivity contribution in [2.24, 2.45) is 11.7 Å². The van der Waals surface area contributed by atoms with E-state index in [1.165, 1.54) is 0 Å². The molecule has 0 saturated carbocycles. The van der Waals surface area contributed by atoms with Crippen LogP contribution in [-0.4, -0.2) is 17.1 Å². The van der Waals surface area contributed by atoms with E-state index in [1.807, 2.05) is 24.3 Å². The molecule has 0 amide bonds. The van der Waals surface area contributed by atoms with Crippen LogP contribution in [0.15, 0.2) is 48.7 Å². The van der Waals surface area contributed by atoms with Gasteiger partial charge in [-0.05, 0) is 47.7 Å². The molecule has 2 heterocycles. The average Bonchev–Trinajstić information content (AvgIpc) is 2.60. The van der Waals surface area contributed by atoms with Crippen LogP contribution in [0.3, 0.4) is 0 Å². The van der Waals surface area contributed by atoms with E-state index < -0.39 is 0 Å². The summed E-state index contributed by atoms with van der Waals surface area (Å²) in [7, 11) is 1.62. The molecule has 0 bridgehead atoms. The standard InChI is InChI=1S/C20H23N3O/c1-13(2)10-17(21)19-7-5-16-11-14(4-6-18(16)23-19)15-8-9-22-20(12-15)24-3/h4-9,11-13,17H,10,21H2,1-3H3. The molecule has 0 aliphatic rings. The lowest BCUT2D eigenvalue weighted by molar-refractivity contribution is 0.398. The Morgan fingerprint density at radius 3 is 2.58 bits per heavy atom. The fourth-order valence-electron chi connectivity index (χ4n) is 2.86. The summed E-state index contributed by atoms with van der Waals surface area (Å²) in [4.78, 5) is 8.89. The molecule has 0 saturated heterocycles. The van der Waals surface area contributed by atoms with E-state index >= 15 is 0 Å². The Morgan fingerprint density at radius 2 is 1.83 bits per heavy atom. The second-order valence-electron chi connectivity index (χ2n) is 6.47. The molecule has 2 aromatic heterocycles. The van der Waals surface area contributed by atoms with Crippen molar-refractivity contribution < 1.29 is 4.74 Å². The Morgan fingerprint density at radius 1 is 1.04 bits per heavy atom. The maximum absolute atomic E-state index is 6.26. The van der Waals surface area contributed by atoms with Crippen LogP contribution in [0.2, 0.25) is 0 Å². The van der Waals surface area contributed by atoms with Crippen molar-refractivity contribution in [3.63, 3.8) is 0 Å². The minimum absolute atomic E-state index is 0.0152. The van der Waals surface area contributed by atoms with Gasteiger partial charge < -0.3 is 10.5 Å². The van der Waals surface area contributed by atoms with E-state index in [1.54, 1.807) is 13.3 Å². The van der Waals surface area contributed by atoms with Gasteiger partial charge in [0.2, 0.25) is 5.88 Å². The third-order valence-electron chi connectivity index (χ3n) is 4.09. The SMILES string of the molecule is COc1cc(-c2ccc3nc(C(N)CC(C)C)ccc3c2)ccn1. The number of methoxy groups -OCH3 is 1. The number of fused-ring (bicyclic) bond motifs is 1. The van der Waals surface area contributed by atoms with Crippen molar-refractivity contribution in [2.75, 3.05) is 7.11 Å². The molecule has 1 atom stereocenters. The molecule has 0 aliphatic carbocycles. The van der Waals surface area contributed by atoms with E-state index in [2.05, 4.69) is 37.0 Å². The number of benzene rings is 1. The fraction of sp³-hybridized carbons (Fsp3) is 0.300. The fourth-order valence-corrected chi connectivity index (χ4v) is 2.86. The zero-order valence-electron chi connectivity index (χ0n) is 14.4. The third-order valence-corrected chi connectivity index (χ3v) is 4.09. The number of nitrogens with two attached hydrogens (primary N) is 1. The molecule has 2 N–H and O–H groups in total. The molecule has 0 radical (unpaired) electrons. The molecule has 1 aromatic carbocycles. The van der Waals surface area contributed by atoms with Crippen molar-refractivity contribution in [3.8, 4) is 17.0 Å². The smallest absolute Gasteiger partial charge is 0.213 e. The van der Waals surface area contributed by atoms with Gasteiger partial charge in [-0.25, -0.2) is 4.98 Å². The summed E-state index contributed by atoms with van der Waals surface area (Å²) in [6.07, 6.45) is 2.69. The van der Waals surface area contributed by atoms with Gasteiger partial charge in [-0.1, -0.05) is 26.0 Å². The molecular weight excluding hydrogens is 298 g/mol. The number of rotatable bonds is 5. The van der Waals surface area contributed by atoms with Gasteiger partial charge >= 0.3 is 0 Å². The Balaban J connectivity index is 1.94. The van der Waals surface area contributed by atoms with Crippen LogP contribution < -0.4 is 10.5 Å². The van der Waals surface area contributed by atoms with E-state index in [4.69, 9.17) is 15.5 Å². The van der Waals surface area contributed by atoms with E-state index in [0.29, 0.717) is 11.8 Å². The maximum atomic E-state index is 6.26. The van der Waals surface area contributed by atoms with Crippen LogP contribution in [0.1, 0.15) is 32.0 Å². The molecule has 0 aliphatic heterocycles. The molecule has 1 unspecified atom stereocenters. The number of ether oxygens (including phenoxy) is 1. The van der Waals surface area contributed by atoms with Crippen LogP contribution in [0, 0.1) is 5.92 Å². The monoisotopic (exact) mass is 321 g/mol. The number of hydrogen-bond donors (Lipinski definition) is 1. The first-order chi connectivity index (χ1) is 11.6. The lowest BCUT2D eigenvalue weighted by Gasteiger charge is -2.14. The second-order valence-corrected chi connectivity index (χ2v) is 6.47. The first-order valence-corrected chi connectivity index (χ1v) is 8.23. The zero-order chi connectivity index (χ0) is 17.1. The lowest BCUT2D eigenvalue weighted by atomic mass is 10.00. The Labute approximate surface area is 142 Å². The van der Waals surface area contributed by atoms with Crippen molar-refractivity contribution in [2.45, 2.75) is 26.3 Å². The van der Waals surface area contributed by atoms with Crippen molar-refractivity contribution in [3.05, 3.63) is 54.4 Å². The van der Waals surface area contributed by atoms with Crippen LogP contribution in [0.25, 0.3) is 22.0 Å². The van der Waals surface area contributed by atoms with Crippen LogP contribution >= 0.6 is 0 Å². The molecule has 4 nitrogen and oxygen atoms in total. The summed E-state index contributed by atoms with van der Waals surface area (Å²) < 4.78 is 5.20. The van der Waals surface area contributed by atoms with Crippen LogP contribution in [-0.2, 0) is 0 Å². The van der Waals surface area contributed by atoms with Crippen LogP contribution in [0.5, 0.6) is 5.88 Å². The molecule has 3 rings (SSSR count). The summed E-state index contributed by atoms with van der Waals surface area (Å²) in [6, 6.07) is 14.3. The summed E-state index contributed by atoms with van der Waals surface area (Å²) in [5, 5.41) is 1.10. The van der Waals surface area contributed by atoms with Gasteiger partial charge in [0.05, 0.1) is 18.3 Å². The van der Waals surface area contributed by atoms with Gasteiger partial charge in [-0.3, -0.25) is 4.98 Å². The predicted molar refractivity (Wildman–Crippen MR) is 97.9 cm³/mol. The third kappa shape index (κ3) is 3.54. The van der Waals surface area contributed by atoms with Crippen molar-refractivity contribution in [1.29, 1.82) is 0 Å².